The molecule has 2 aromatic heterocycles. The van der Waals surface area contributed by atoms with Crippen LogP contribution < -0.4 is 10.7 Å². The Balaban J connectivity index is 1.05. The maximum Gasteiger partial charge on any atom is 0.324 e. The van der Waals surface area contributed by atoms with Crippen molar-refractivity contribution in [1.29, 1.82) is 0 Å². The molecule has 5 amide bonds. The summed E-state index contributed by atoms with van der Waals surface area (Å²) in [5.74, 6) is -2.12. The van der Waals surface area contributed by atoms with Crippen LogP contribution in [0.4, 0.5) is 4.79 Å². The van der Waals surface area contributed by atoms with E-state index in [1.165, 1.54) is 11.0 Å². The van der Waals surface area contributed by atoms with Gasteiger partial charge in [0.1, 0.15) is 24.4 Å². The third-order valence-corrected chi connectivity index (χ3v) is 16.7. The first-order valence-electron chi connectivity index (χ1n) is 25.0. The number of amides is 5. The van der Waals surface area contributed by atoms with E-state index in [9.17, 15) is 19.2 Å². The lowest BCUT2D eigenvalue weighted by Gasteiger charge is -2.48. The van der Waals surface area contributed by atoms with Gasteiger partial charge in [0.2, 0.25) is 17.7 Å². The van der Waals surface area contributed by atoms with Crippen molar-refractivity contribution in [2.45, 2.75) is 109 Å². The Kier molecular flexibility index (Phi) is 13.8. The number of benzene rings is 2. The van der Waals surface area contributed by atoms with E-state index >= 15 is 4.79 Å². The summed E-state index contributed by atoms with van der Waals surface area (Å²) in [5, 5.41) is 5.15. The number of cyclic esters (lactones) is 1. The van der Waals surface area contributed by atoms with Crippen molar-refractivity contribution in [1.82, 2.24) is 40.0 Å². The van der Waals surface area contributed by atoms with E-state index in [-0.39, 0.29) is 58.6 Å². The smallest absolute Gasteiger partial charge is 0.324 e. The molecular formula is C54H68N8O8Si. The average Bonchev–Trinajstić information content (AvgIpc) is 3.87. The first-order chi connectivity index (χ1) is 33.9. The van der Waals surface area contributed by atoms with Crippen molar-refractivity contribution < 1.29 is 38.2 Å². The van der Waals surface area contributed by atoms with Crippen LogP contribution in [0, 0.1) is 17.3 Å². The van der Waals surface area contributed by atoms with Gasteiger partial charge in [-0.2, -0.15) is 0 Å². The van der Waals surface area contributed by atoms with Crippen LogP contribution in [0.5, 0.6) is 0 Å². The quantitative estimate of drug-likeness (QED) is 0.110. The number of pyridine rings is 1. The van der Waals surface area contributed by atoms with Gasteiger partial charge in [0, 0.05) is 60.5 Å². The predicted octanol–water partition coefficient (Wildman–Crippen LogP) is 5.96. The molecule has 0 saturated carbocycles. The Labute approximate surface area is 419 Å². The summed E-state index contributed by atoms with van der Waals surface area (Å²) in [6, 6.07) is 17.7. The zero-order chi connectivity index (χ0) is 50.6. The monoisotopic (exact) mass is 984 g/mol. The largest absolute Gasteiger partial charge is 0.464 e. The van der Waals surface area contributed by atoms with Crippen LogP contribution in [0.1, 0.15) is 77.3 Å². The molecule has 4 saturated heterocycles. The fraction of sp³-hybridized carbons (Fsp3) is 0.519. The van der Waals surface area contributed by atoms with Crippen LogP contribution in [0.25, 0.3) is 33.3 Å². The fourth-order valence-electron chi connectivity index (χ4n) is 11.2. The van der Waals surface area contributed by atoms with Crippen LogP contribution in [0.2, 0.25) is 6.04 Å². The van der Waals surface area contributed by atoms with E-state index in [4.69, 9.17) is 19.2 Å². The highest BCUT2D eigenvalue weighted by atomic mass is 28.2. The number of carbonyl (C=O) groups is 5. The summed E-state index contributed by atoms with van der Waals surface area (Å²) in [4.78, 5) is 79.7. The van der Waals surface area contributed by atoms with Crippen LogP contribution in [-0.4, -0.2) is 145 Å². The van der Waals surface area contributed by atoms with Gasteiger partial charge >= 0.3 is 12.0 Å². The number of nitrogens with zero attached hydrogens (tertiary/aromatic N) is 6. The number of ether oxygens (including phenoxy) is 3. The molecule has 1 unspecified atom stereocenters. The van der Waals surface area contributed by atoms with Gasteiger partial charge in [0.25, 0.3) is 0 Å². The van der Waals surface area contributed by atoms with Crippen molar-refractivity contribution in [2.24, 2.45) is 17.3 Å². The maximum atomic E-state index is 15.2. The Morgan fingerprint density at radius 2 is 1.80 bits per heavy atom. The number of aromatic nitrogens is 2. The van der Waals surface area contributed by atoms with Gasteiger partial charge in [-0.15, -0.1) is 0 Å². The summed E-state index contributed by atoms with van der Waals surface area (Å²) >= 11 is 0. The zero-order valence-corrected chi connectivity index (χ0v) is 43.4. The van der Waals surface area contributed by atoms with Crippen LogP contribution in [0.3, 0.4) is 0 Å². The summed E-state index contributed by atoms with van der Waals surface area (Å²) in [7, 11) is 3.59. The Bertz CT molecular complexity index is 2750. The number of esters is 1. The molecule has 1 spiro atoms. The molecular weight excluding hydrogens is 917 g/mol. The van der Waals surface area contributed by atoms with Gasteiger partial charge in [-0.3, -0.25) is 29.2 Å². The molecule has 9 rings (SSSR count). The van der Waals surface area contributed by atoms with E-state index in [2.05, 4.69) is 79.1 Å². The molecule has 6 bridgehead atoms. The molecule has 71 heavy (non-hydrogen) atoms. The molecule has 4 aromatic rings. The molecule has 7 heterocycles. The summed E-state index contributed by atoms with van der Waals surface area (Å²) in [5.41, 5.74) is 10.2. The predicted molar refractivity (Wildman–Crippen MR) is 271 cm³/mol. The number of likely N-dealkylation sites (N-methyl/N-ethyl adjacent to an activating group) is 1. The molecule has 0 aliphatic carbocycles. The molecule has 5 aliphatic rings. The minimum absolute atomic E-state index is 0.136. The van der Waals surface area contributed by atoms with Crippen LogP contribution in [0.15, 0.2) is 73.4 Å². The Morgan fingerprint density at radius 3 is 2.51 bits per heavy atom. The first-order valence-corrected chi connectivity index (χ1v) is 26.2. The maximum absolute atomic E-state index is 15.2. The molecule has 2 radical (unpaired) electrons. The number of hydrogen-bond acceptors (Lipinski definition) is 10. The van der Waals surface area contributed by atoms with E-state index in [0.29, 0.717) is 64.5 Å². The molecule has 16 nitrogen and oxygen atoms in total. The molecule has 2 N–H and O–H groups in total. The number of hydrazine groups is 1. The van der Waals surface area contributed by atoms with Gasteiger partial charge in [-0.1, -0.05) is 64.6 Å². The van der Waals surface area contributed by atoms with E-state index in [0.717, 1.165) is 50.1 Å². The topological polar surface area (TPSA) is 168 Å². The number of fused-ring (bicyclic) bond motifs is 6. The number of likely N-dealkylation sites (tertiary alicyclic amines) is 1. The SMILES string of the molecule is C=CC(=O)N1COC2(C1)CN(C(=O)N(C)[C@H](C(=O)NC1([C@H]3Cc4cccc(c4)-c4ccc5c(c4)c(c(-c4cccnc4[C@H](C)OC)n5CC)CC(C)(C)COC(=O)[C@@H]4CCCN(N4)C3=O)C[Si]1)C(C)C)C2. The van der Waals surface area contributed by atoms with Crippen LogP contribution in [-0.2, 0) is 52.8 Å². The first kappa shape index (κ1) is 50.1. The normalized spacial score (nSPS) is 23.7. The number of aryl methyl sites for hydroxylation is 1. The standard InChI is InChI=1S/C54H68N8O8Si/c1-10-44(63)60-29-53(70-32-60)27-59(28-53)51(67)58(8)46(33(3)4)48(64)56-54(31-71-54)41-24-35-15-12-16-36(23-35)37-19-20-43-39(25-37)40(47(61(43)11-2)38-17-13-21-55-45(38)34(5)68-9)26-52(6,7)30-69-50(66)42-18-14-22-62(57-42)49(41)65/h10,12-13,15-17,19-21,23,25,33-34,41-42,46,57H,1,11,14,18,22,24,26-32H2,2-9H3,(H,56,64)/t34-,41-,42-,46-,54?/m0/s1. The lowest BCUT2D eigenvalue weighted by Crippen LogP contribution is -2.69. The van der Waals surface area contributed by atoms with Gasteiger partial charge in [-0.05, 0) is 104 Å². The van der Waals surface area contributed by atoms with E-state index in [1.807, 2.05) is 39.0 Å². The second-order valence-corrected chi connectivity index (χ2v) is 22.9. The molecule has 5 aliphatic heterocycles. The van der Waals surface area contributed by atoms with Gasteiger partial charge < -0.3 is 38.8 Å². The average molecular weight is 985 g/mol. The van der Waals surface area contributed by atoms with Gasteiger partial charge in [0.05, 0.1) is 59.2 Å². The number of nitrogens with one attached hydrogen (secondary N) is 2. The van der Waals surface area contributed by atoms with Gasteiger partial charge in [-0.25, -0.2) is 10.2 Å². The Morgan fingerprint density at radius 1 is 1.06 bits per heavy atom. The number of rotatable bonds is 10. The molecule has 2 aromatic carbocycles. The highest BCUT2D eigenvalue weighted by Crippen LogP contribution is 2.43. The third kappa shape index (κ3) is 9.65. The molecule has 4 fully saturated rings. The van der Waals surface area contributed by atoms with Crippen molar-refractivity contribution >= 4 is 50.1 Å². The lowest BCUT2D eigenvalue weighted by atomic mass is 9.84. The van der Waals surface area contributed by atoms with Crippen molar-refractivity contribution in [2.75, 3.05) is 53.7 Å². The summed E-state index contributed by atoms with van der Waals surface area (Å²) < 4.78 is 20.4. The molecule has 5 atom stereocenters. The fourth-order valence-corrected chi connectivity index (χ4v) is 12.4. The number of methoxy groups -OCH3 is 1. The third-order valence-electron chi connectivity index (χ3n) is 15.2. The lowest BCUT2D eigenvalue weighted by molar-refractivity contribution is -0.155. The number of urea groups is 1. The van der Waals surface area contributed by atoms with Gasteiger partial charge in [0.15, 0.2) is 0 Å². The molecule has 376 valence electrons. The molecule has 17 heteroatoms. The Hall–Kier alpha value is -5.88. The minimum atomic E-state index is -0.875. The van der Waals surface area contributed by atoms with E-state index < -0.39 is 40.1 Å². The number of hydrogen-bond donors (Lipinski definition) is 2. The second-order valence-electron chi connectivity index (χ2n) is 21.3. The van der Waals surface area contributed by atoms with Crippen molar-refractivity contribution in [3.63, 3.8) is 0 Å². The number of carbonyl (C=O) groups excluding carboxylic acids is 5. The zero-order valence-electron chi connectivity index (χ0n) is 42.4. The summed E-state index contributed by atoms with van der Waals surface area (Å²) in [6.07, 6.45) is 4.83. The van der Waals surface area contributed by atoms with Crippen molar-refractivity contribution in [3.8, 4) is 22.4 Å². The minimum Gasteiger partial charge on any atom is -0.464 e. The van der Waals surface area contributed by atoms with Crippen molar-refractivity contribution in [3.05, 3.63) is 90.3 Å². The second kappa shape index (κ2) is 19.6. The highest BCUT2D eigenvalue weighted by molar-refractivity contribution is 6.55. The summed E-state index contributed by atoms with van der Waals surface area (Å²) in [6.45, 7) is 18.1. The highest BCUT2D eigenvalue weighted by Gasteiger charge is 2.57. The van der Waals surface area contributed by atoms with E-state index in [1.54, 1.807) is 35.2 Å². The van der Waals surface area contributed by atoms with Crippen LogP contribution >= 0.6 is 0 Å².